The van der Waals surface area contributed by atoms with Crippen LogP contribution < -0.4 is 0 Å². The van der Waals surface area contributed by atoms with E-state index in [4.69, 9.17) is 0 Å². The number of ketones is 1. The number of hydrogen-bond acceptors (Lipinski definition) is 1. The molecule has 0 aromatic rings. The van der Waals surface area contributed by atoms with Gasteiger partial charge in [0.2, 0.25) is 0 Å². The average molecular weight is 152 g/mol. The molecular formula is C10H16O. The van der Waals surface area contributed by atoms with Crippen LogP contribution in [0.1, 0.15) is 39.0 Å². The van der Waals surface area contributed by atoms with Crippen molar-refractivity contribution in [3.8, 4) is 0 Å². The summed E-state index contributed by atoms with van der Waals surface area (Å²) in [5.74, 6) is 2.33. The fourth-order valence-corrected chi connectivity index (χ4v) is 2.87. The second kappa shape index (κ2) is 2.62. The molecule has 2 aliphatic carbocycles. The van der Waals surface area contributed by atoms with Crippen LogP contribution in [0.15, 0.2) is 0 Å². The van der Waals surface area contributed by atoms with Gasteiger partial charge in [-0.25, -0.2) is 0 Å². The Morgan fingerprint density at radius 1 is 1.36 bits per heavy atom. The minimum Gasteiger partial charge on any atom is -0.299 e. The topological polar surface area (TPSA) is 17.1 Å². The zero-order valence-corrected chi connectivity index (χ0v) is 7.18. The molecule has 0 aliphatic heterocycles. The van der Waals surface area contributed by atoms with E-state index in [0.29, 0.717) is 17.6 Å². The lowest BCUT2D eigenvalue weighted by atomic mass is 9.57. The fraction of sp³-hybridized carbons (Fsp3) is 0.900. The van der Waals surface area contributed by atoms with Crippen molar-refractivity contribution < 1.29 is 4.79 Å². The van der Waals surface area contributed by atoms with Crippen molar-refractivity contribution in [1.29, 1.82) is 0 Å². The Balaban J connectivity index is 2.03. The predicted molar refractivity (Wildman–Crippen MR) is 44.2 cm³/mol. The highest BCUT2D eigenvalue weighted by molar-refractivity contribution is 5.90. The second-order valence-electron chi connectivity index (χ2n) is 3.97. The van der Waals surface area contributed by atoms with Crippen LogP contribution >= 0.6 is 0 Å². The van der Waals surface area contributed by atoms with Crippen LogP contribution in [0.3, 0.4) is 0 Å². The maximum absolute atomic E-state index is 11.4. The lowest BCUT2D eigenvalue weighted by Gasteiger charge is -2.45. The highest BCUT2D eigenvalue weighted by Crippen LogP contribution is 2.47. The Kier molecular flexibility index (Phi) is 1.74. The molecule has 0 bridgehead atoms. The van der Waals surface area contributed by atoms with Crippen molar-refractivity contribution in [3.63, 3.8) is 0 Å². The lowest BCUT2D eigenvalue weighted by Crippen LogP contribution is -2.48. The molecular weight excluding hydrogens is 136 g/mol. The van der Waals surface area contributed by atoms with Gasteiger partial charge in [-0.15, -0.1) is 0 Å². The fourth-order valence-electron chi connectivity index (χ4n) is 2.87. The smallest absolute Gasteiger partial charge is 0.139 e. The van der Waals surface area contributed by atoms with Crippen molar-refractivity contribution in [2.75, 3.05) is 0 Å². The van der Waals surface area contributed by atoms with E-state index in [1.807, 2.05) is 0 Å². The maximum atomic E-state index is 11.4. The zero-order valence-electron chi connectivity index (χ0n) is 7.18. The SMILES string of the molecule is CCC1C(=O)C2CCCCC12. The first kappa shape index (κ1) is 7.33. The van der Waals surface area contributed by atoms with Gasteiger partial charge in [0.05, 0.1) is 0 Å². The standard InChI is InChI=1S/C10H16O/c1-2-7-8-5-3-4-6-9(8)10(7)11/h7-9H,2-6H2,1H3. The Bertz CT molecular complexity index is 166. The monoisotopic (exact) mass is 152 g/mol. The number of carbonyl (C=O) groups excluding carboxylic acids is 1. The van der Waals surface area contributed by atoms with Crippen molar-refractivity contribution in [1.82, 2.24) is 0 Å². The van der Waals surface area contributed by atoms with Gasteiger partial charge in [0, 0.05) is 11.8 Å². The molecule has 3 atom stereocenters. The van der Waals surface area contributed by atoms with E-state index >= 15 is 0 Å². The van der Waals surface area contributed by atoms with Crippen LogP contribution in [0, 0.1) is 17.8 Å². The van der Waals surface area contributed by atoms with Gasteiger partial charge in [-0.3, -0.25) is 4.79 Å². The third kappa shape index (κ3) is 0.935. The van der Waals surface area contributed by atoms with E-state index in [2.05, 4.69) is 6.92 Å². The molecule has 0 spiro atoms. The summed E-state index contributed by atoms with van der Waals surface area (Å²) in [6.07, 6.45) is 6.27. The molecule has 2 fully saturated rings. The quantitative estimate of drug-likeness (QED) is 0.564. The molecule has 0 aromatic carbocycles. The number of fused-ring (bicyclic) bond motifs is 1. The lowest BCUT2D eigenvalue weighted by molar-refractivity contribution is -0.146. The first-order valence-corrected chi connectivity index (χ1v) is 4.88. The van der Waals surface area contributed by atoms with Crippen molar-refractivity contribution >= 4 is 5.78 Å². The van der Waals surface area contributed by atoms with Gasteiger partial charge >= 0.3 is 0 Å². The largest absolute Gasteiger partial charge is 0.299 e. The maximum Gasteiger partial charge on any atom is 0.139 e. The molecule has 2 saturated carbocycles. The van der Waals surface area contributed by atoms with Gasteiger partial charge in [-0.1, -0.05) is 19.8 Å². The molecule has 11 heavy (non-hydrogen) atoms. The normalized spacial score (nSPS) is 43.0. The van der Waals surface area contributed by atoms with E-state index < -0.39 is 0 Å². The molecule has 1 heteroatoms. The van der Waals surface area contributed by atoms with Crippen LogP contribution in [0.4, 0.5) is 0 Å². The van der Waals surface area contributed by atoms with Crippen LogP contribution in [0.25, 0.3) is 0 Å². The summed E-state index contributed by atoms with van der Waals surface area (Å²) < 4.78 is 0. The molecule has 3 unspecified atom stereocenters. The molecule has 0 heterocycles. The minimum absolute atomic E-state index is 0.459. The second-order valence-corrected chi connectivity index (χ2v) is 3.97. The third-order valence-corrected chi connectivity index (χ3v) is 3.51. The van der Waals surface area contributed by atoms with E-state index in [9.17, 15) is 4.79 Å². The molecule has 0 amide bonds. The van der Waals surface area contributed by atoms with Gasteiger partial charge in [0.15, 0.2) is 0 Å². The summed E-state index contributed by atoms with van der Waals surface area (Å²) in [6.45, 7) is 2.15. The molecule has 1 nitrogen and oxygen atoms in total. The minimum atomic E-state index is 0.459. The van der Waals surface area contributed by atoms with E-state index in [1.54, 1.807) is 0 Å². The Hall–Kier alpha value is -0.330. The van der Waals surface area contributed by atoms with Crippen LogP contribution in [-0.2, 0) is 4.79 Å². The number of carbonyl (C=O) groups is 1. The van der Waals surface area contributed by atoms with Gasteiger partial charge in [0.25, 0.3) is 0 Å². The molecule has 2 aliphatic rings. The molecule has 2 rings (SSSR count). The third-order valence-electron chi connectivity index (χ3n) is 3.51. The molecule has 0 radical (unpaired) electrons. The number of Topliss-reactive ketones (excluding diaryl/α,β-unsaturated/α-hetero) is 1. The van der Waals surface area contributed by atoms with E-state index in [-0.39, 0.29) is 0 Å². The highest BCUT2D eigenvalue weighted by Gasteiger charge is 2.48. The molecule has 0 saturated heterocycles. The Labute approximate surface area is 68.2 Å². The first-order valence-electron chi connectivity index (χ1n) is 4.88. The van der Waals surface area contributed by atoms with Gasteiger partial charge in [-0.05, 0) is 25.2 Å². The van der Waals surface area contributed by atoms with Crippen molar-refractivity contribution in [3.05, 3.63) is 0 Å². The summed E-state index contributed by atoms with van der Waals surface area (Å²) in [7, 11) is 0. The zero-order chi connectivity index (χ0) is 7.84. The predicted octanol–water partition coefficient (Wildman–Crippen LogP) is 2.40. The van der Waals surface area contributed by atoms with Crippen molar-refractivity contribution in [2.24, 2.45) is 17.8 Å². The first-order chi connectivity index (χ1) is 5.34. The summed E-state index contributed by atoms with van der Waals surface area (Å²) >= 11 is 0. The van der Waals surface area contributed by atoms with Gasteiger partial charge in [-0.2, -0.15) is 0 Å². The van der Waals surface area contributed by atoms with E-state index in [0.717, 1.165) is 12.3 Å². The summed E-state index contributed by atoms with van der Waals surface area (Å²) in [6, 6.07) is 0. The average Bonchev–Trinajstić information content (AvgIpc) is 2.05. The van der Waals surface area contributed by atoms with Gasteiger partial charge in [0.1, 0.15) is 5.78 Å². The van der Waals surface area contributed by atoms with Crippen molar-refractivity contribution in [2.45, 2.75) is 39.0 Å². The Morgan fingerprint density at radius 3 is 2.82 bits per heavy atom. The molecule has 0 aromatic heterocycles. The molecule has 0 N–H and O–H groups in total. The van der Waals surface area contributed by atoms with Crippen LogP contribution in [-0.4, -0.2) is 5.78 Å². The van der Waals surface area contributed by atoms with Gasteiger partial charge < -0.3 is 0 Å². The molecule has 62 valence electrons. The Morgan fingerprint density at radius 2 is 2.09 bits per heavy atom. The van der Waals surface area contributed by atoms with Crippen LogP contribution in [0.2, 0.25) is 0 Å². The summed E-state index contributed by atoms with van der Waals surface area (Å²) in [5.41, 5.74) is 0. The number of hydrogen-bond donors (Lipinski definition) is 0. The summed E-state index contributed by atoms with van der Waals surface area (Å²) in [4.78, 5) is 11.4. The number of rotatable bonds is 1. The summed E-state index contributed by atoms with van der Waals surface area (Å²) in [5, 5.41) is 0. The van der Waals surface area contributed by atoms with E-state index in [1.165, 1.54) is 25.7 Å². The van der Waals surface area contributed by atoms with Crippen LogP contribution in [0.5, 0.6) is 0 Å². The highest BCUT2D eigenvalue weighted by atomic mass is 16.1.